The fourth-order valence-electron chi connectivity index (χ4n) is 1.90. The lowest BCUT2D eigenvalue weighted by atomic mass is 10.2. The van der Waals surface area contributed by atoms with Gasteiger partial charge in [0.2, 0.25) is 0 Å². The van der Waals surface area contributed by atoms with Crippen molar-refractivity contribution in [2.75, 3.05) is 11.9 Å². The molecule has 1 aliphatic heterocycles. The molecule has 16 heavy (non-hydrogen) atoms. The second-order valence-corrected chi connectivity index (χ2v) is 4.54. The van der Waals surface area contributed by atoms with Gasteiger partial charge >= 0.3 is 0 Å². The van der Waals surface area contributed by atoms with E-state index in [-0.39, 0.29) is 0 Å². The molecule has 5 heteroatoms. The largest absolute Gasteiger partial charge is 0.369 e. The van der Waals surface area contributed by atoms with E-state index >= 15 is 0 Å². The van der Waals surface area contributed by atoms with Crippen molar-refractivity contribution in [2.45, 2.75) is 13.0 Å². The van der Waals surface area contributed by atoms with Crippen molar-refractivity contribution >= 4 is 21.7 Å². The summed E-state index contributed by atoms with van der Waals surface area (Å²) >= 11 is 3.61. The SMILES string of the molecule is Brc1c(-c2ccncc2)nn2c1NCCC2. The molecule has 3 heterocycles. The summed E-state index contributed by atoms with van der Waals surface area (Å²) in [5.74, 6) is 1.08. The first-order valence-electron chi connectivity index (χ1n) is 5.27. The Morgan fingerprint density at radius 3 is 2.88 bits per heavy atom. The summed E-state index contributed by atoms with van der Waals surface area (Å²) in [6.45, 7) is 1.99. The second kappa shape index (κ2) is 3.90. The van der Waals surface area contributed by atoms with Crippen LogP contribution in [0.25, 0.3) is 11.3 Å². The van der Waals surface area contributed by atoms with Gasteiger partial charge in [0.25, 0.3) is 0 Å². The second-order valence-electron chi connectivity index (χ2n) is 3.75. The van der Waals surface area contributed by atoms with Gasteiger partial charge in [-0.25, -0.2) is 4.68 Å². The number of nitrogens with zero attached hydrogens (tertiary/aromatic N) is 3. The summed E-state index contributed by atoms with van der Waals surface area (Å²) in [4.78, 5) is 4.02. The molecule has 4 nitrogen and oxygen atoms in total. The molecule has 0 atom stereocenters. The fourth-order valence-corrected chi connectivity index (χ4v) is 2.55. The molecular formula is C11H11BrN4. The predicted molar refractivity (Wildman–Crippen MR) is 66.3 cm³/mol. The van der Waals surface area contributed by atoms with E-state index in [0.717, 1.165) is 41.1 Å². The first kappa shape index (κ1) is 9.84. The summed E-state index contributed by atoms with van der Waals surface area (Å²) < 4.78 is 3.06. The van der Waals surface area contributed by atoms with Crippen molar-refractivity contribution in [3.8, 4) is 11.3 Å². The summed E-state index contributed by atoms with van der Waals surface area (Å²) in [6.07, 6.45) is 4.69. The van der Waals surface area contributed by atoms with Crippen LogP contribution in [0.2, 0.25) is 0 Å². The molecule has 0 fully saturated rings. The molecule has 0 saturated heterocycles. The zero-order valence-corrected chi connectivity index (χ0v) is 10.2. The highest BCUT2D eigenvalue weighted by Gasteiger charge is 2.18. The maximum Gasteiger partial charge on any atom is 0.139 e. The monoisotopic (exact) mass is 278 g/mol. The zero-order chi connectivity index (χ0) is 11.0. The average Bonchev–Trinajstić information content (AvgIpc) is 2.69. The summed E-state index contributed by atoms with van der Waals surface area (Å²) in [5.41, 5.74) is 2.07. The predicted octanol–water partition coefficient (Wildman–Crippen LogP) is 2.52. The van der Waals surface area contributed by atoms with E-state index in [2.05, 4.69) is 31.3 Å². The fraction of sp³-hybridized carbons (Fsp3) is 0.273. The Labute approximate surface area is 102 Å². The zero-order valence-electron chi connectivity index (χ0n) is 8.65. The van der Waals surface area contributed by atoms with Crippen molar-refractivity contribution in [1.82, 2.24) is 14.8 Å². The minimum absolute atomic E-state index is 0.978. The molecule has 0 spiro atoms. The van der Waals surface area contributed by atoms with Crippen LogP contribution < -0.4 is 5.32 Å². The Morgan fingerprint density at radius 1 is 1.31 bits per heavy atom. The van der Waals surface area contributed by atoms with E-state index in [1.54, 1.807) is 12.4 Å². The molecular weight excluding hydrogens is 268 g/mol. The van der Waals surface area contributed by atoms with E-state index in [4.69, 9.17) is 0 Å². The summed E-state index contributed by atoms with van der Waals surface area (Å²) in [6, 6.07) is 3.94. The van der Waals surface area contributed by atoms with E-state index in [1.807, 2.05) is 16.8 Å². The molecule has 0 radical (unpaired) electrons. The number of hydrogen-bond donors (Lipinski definition) is 1. The molecule has 1 N–H and O–H groups in total. The Bertz CT molecular complexity index is 506. The van der Waals surface area contributed by atoms with Crippen LogP contribution in [0.4, 0.5) is 5.82 Å². The average molecular weight is 279 g/mol. The Balaban J connectivity index is 2.12. The quantitative estimate of drug-likeness (QED) is 0.872. The molecule has 0 aliphatic carbocycles. The standard InChI is InChI=1S/C11H11BrN4/c12-9-10(8-2-5-13-6-3-8)15-16-7-1-4-14-11(9)16/h2-3,5-6,14H,1,4,7H2. The lowest BCUT2D eigenvalue weighted by molar-refractivity contribution is 0.569. The maximum atomic E-state index is 4.60. The van der Waals surface area contributed by atoms with E-state index in [0.29, 0.717) is 0 Å². The van der Waals surface area contributed by atoms with Gasteiger partial charge in [-0.3, -0.25) is 4.98 Å². The van der Waals surface area contributed by atoms with Crippen LogP contribution in [-0.4, -0.2) is 21.3 Å². The van der Waals surface area contributed by atoms with Crippen molar-refractivity contribution in [3.63, 3.8) is 0 Å². The molecule has 0 amide bonds. The van der Waals surface area contributed by atoms with Gasteiger partial charge in [-0.2, -0.15) is 5.10 Å². The van der Waals surface area contributed by atoms with Gasteiger partial charge in [-0.1, -0.05) is 0 Å². The first-order chi connectivity index (χ1) is 7.86. The highest BCUT2D eigenvalue weighted by atomic mass is 79.9. The van der Waals surface area contributed by atoms with Crippen LogP contribution in [0.5, 0.6) is 0 Å². The highest BCUT2D eigenvalue weighted by molar-refractivity contribution is 9.10. The van der Waals surface area contributed by atoms with Gasteiger partial charge in [-0.05, 0) is 34.5 Å². The van der Waals surface area contributed by atoms with Gasteiger partial charge in [0, 0.05) is 31.0 Å². The molecule has 0 saturated carbocycles. The molecule has 0 bridgehead atoms. The highest BCUT2D eigenvalue weighted by Crippen LogP contribution is 2.34. The van der Waals surface area contributed by atoms with E-state index in [9.17, 15) is 0 Å². The van der Waals surface area contributed by atoms with Gasteiger partial charge < -0.3 is 5.32 Å². The van der Waals surface area contributed by atoms with E-state index in [1.165, 1.54) is 0 Å². The molecule has 0 aromatic carbocycles. The summed E-state index contributed by atoms with van der Waals surface area (Å²) in [7, 11) is 0. The van der Waals surface area contributed by atoms with Crippen LogP contribution in [-0.2, 0) is 6.54 Å². The lowest BCUT2D eigenvalue weighted by Gasteiger charge is -2.15. The van der Waals surface area contributed by atoms with E-state index < -0.39 is 0 Å². The number of fused-ring (bicyclic) bond motifs is 1. The first-order valence-corrected chi connectivity index (χ1v) is 6.06. The smallest absolute Gasteiger partial charge is 0.139 e. The Hall–Kier alpha value is -1.36. The van der Waals surface area contributed by atoms with Crippen LogP contribution in [0.15, 0.2) is 29.0 Å². The van der Waals surface area contributed by atoms with Gasteiger partial charge in [0.05, 0.1) is 4.47 Å². The number of halogens is 1. The lowest BCUT2D eigenvalue weighted by Crippen LogP contribution is -2.17. The number of anilines is 1. The summed E-state index contributed by atoms with van der Waals surface area (Å²) in [5, 5.41) is 7.96. The number of aryl methyl sites for hydroxylation is 1. The number of aromatic nitrogens is 3. The molecule has 1 aliphatic rings. The van der Waals surface area contributed by atoms with Gasteiger partial charge in [-0.15, -0.1) is 0 Å². The minimum atomic E-state index is 0.978. The molecule has 3 rings (SSSR count). The van der Waals surface area contributed by atoms with Crippen molar-refractivity contribution in [2.24, 2.45) is 0 Å². The molecule has 0 unspecified atom stereocenters. The number of pyridine rings is 1. The molecule has 2 aromatic heterocycles. The normalized spacial score (nSPS) is 14.3. The van der Waals surface area contributed by atoms with Crippen LogP contribution in [0, 0.1) is 0 Å². The van der Waals surface area contributed by atoms with Crippen molar-refractivity contribution in [3.05, 3.63) is 29.0 Å². The third-order valence-electron chi connectivity index (χ3n) is 2.69. The van der Waals surface area contributed by atoms with Crippen LogP contribution in [0.1, 0.15) is 6.42 Å². The van der Waals surface area contributed by atoms with Crippen LogP contribution in [0.3, 0.4) is 0 Å². The molecule has 82 valence electrons. The van der Waals surface area contributed by atoms with Gasteiger partial charge in [0.15, 0.2) is 0 Å². The molecule has 2 aromatic rings. The van der Waals surface area contributed by atoms with Gasteiger partial charge in [0.1, 0.15) is 11.5 Å². The Morgan fingerprint density at radius 2 is 2.12 bits per heavy atom. The minimum Gasteiger partial charge on any atom is -0.369 e. The Kier molecular flexibility index (Phi) is 2.40. The topological polar surface area (TPSA) is 42.7 Å². The third kappa shape index (κ3) is 1.51. The number of nitrogens with one attached hydrogen (secondary N) is 1. The van der Waals surface area contributed by atoms with Crippen molar-refractivity contribution in [1.29, 1.82) is 0 Å². The van der Waals surface area contributed by atoms with Crippen LogP contribution >= 0.6 is 15.9 Å². The number of rotatable bonds is 1. The maximum absolute atomic E-state index is 4.60. The third-order valence-corrected chi connectivity index (χ3v) is 3.44. The number of hydrogen-bond acceptors (Lipinski definition) is 3. The van der Waals surface area contributed by atoms with Crippen molar-refractivity contribution < 1.29 is 0 Å².